The Morgan fingerprint density at radius 2 is 1.97 bits per heavy atom. The number of nitrogens with one attached hydrogen (secondary N) is 1. The van der Waals surface area contributed by atoms with Gasteiger partial charge in [-0.25, -0.2) is 8.42 Å². The largest absolute Gasteiger partial charge is 0.330 e. The molecule has 4 rings (SSSR count). The number of sulfone groups is 1. The third-order valence-electron chi connectivity index (χ3n) is 6.84. The highest BCUT2D eigenvalue weighted by Gasteiger charge is 2.40. The van der Waals surface area contributed by atoms with Crippen LogP contribution < -0.4 is 20.9 Å². The Labute approximate surface area is 190 Å². The summed E-state index contributed by atoms with van der Waals surface area (Å²) in [5.41, 5.74) is 8.62. The van der Waals surface area contributed by atoms with Gasteiger partial charge in [0.1, 0.15) is 0 Å². The van der Waals surface area contributed by atoms with E-state index in [2.05, 4.69) is 5.32 Å². The fourth-order valence-electron chi connectivity index (χ4n) is 4.97. The number of rotatable bonds is 6. The van der Waals surface area contributed by atoms with Crippen molar-refractivity contribution in [2.45, 2.75) is 57.5 Å². The minimum Gasteiger partial charge on any atom is -0.330 e. The molecular weight excluding hydrogens is 428 g/mol. The van der Waals surface area contributed by atoms with Crippen LogP contribution in [0.3, 0.4) is 0 Å². The maximum atomic E-state index is 13.0. The molecule has 0 spiro atoms. The van der Waals surface area contributed by atoms with E-state index in [1.807, 2.05) is 30.0 Å². The Morgan fingerprint density at radius 3 is 2.59 bits per heavy atom. The summed E-state index contributed by atoms with van der Waals surface area (Å²) in [4.78, 5) is 29.0. The van der Waals surface area contributed by atoms with E-state index in [-0.39, 0.29) is 47.2 Å². The van der Waals surface area contributed by atoms with E-state index >= 15 is 0 Å². The Hall–Kier alpha value is -1.97. The van der Waals surface area contributed by atoms with Gasteiger partial charge in [0.25, 0.3) is 0 Å². The first-order valence-corrected chi connectivity index (χ1v) is 13.4. The molecule has 176 valence electrons. The van der Waals surface area contributed by atoms with E-state index in [0.29, 0.717) is 26.1 Å². The molecule has 1 saturated heterocycles. The van der Waals surface area contributed by atoms with Crippen molar-refractivity contribution in [2.75, 3.05) is 40.9 Å². The number of amides is 2. The lowest BCUT2D eigenvalue weighted by Gasteiger charge is -2.41. The predicted octanol–water partition coefficient (Wildman–Crippen LogP) is 1.39. The van der Waals surface area contributed by atoms with Gasteiger partial charge in [-0.3, -0.25) is 9.59 Å². The molecule has 0 bridgehead atoms. The minimum absolute atomic E-state index is 0.0204. The van der Waals surface area contributed by atoms with Crippen molar-refractivity contribution in [1.82, 2.24) is 5.32 Å². The first kappa shape index (κ1) is 23.2. The van der Waals surface area contributed by atoms with Crippen molar-refractivity contribution >= 4 is 33.0 Å². The van der Waals surface area contributed by atoms with Crippen LogP contribution in [0.15, 0.2) is 18.2 Å². The fraction of sp³-hybridized carbons (Fsp3) is 0.652. The Kier molecular flexibility index (Phi) is 6.61. The van der Waals surface area contributed by atoms with Crippen LogP contribution in [0.1, 0.15) is 51.0 Å². The van der Waals surface area contributed by atoms with Crippen molar-refractivity contribution in [3.8, 4) is 0 Å². The van der Waals surface area contributed by atoms with Crippen molar-refractivity contribution in [3.63, 3.8) is 0 Å². The quantitative estimate of drug-likeness (QED) is 0.661. The number of carbonyl (C=O) groups excluding carboxylic acids is 2. The molecule has 1 aromatic rings. The predicted molar refractivity (Wildman–Crippen MR) is 126 cm³/mol. The number of carbonyl (C=O) groups is 2. The molecule has 1 aromatic carbocycles. The highest BCUT2D eigenvalue weighted by atomic mass is 32.2. The van der Waals surface area contributed by atoms with Gasteiger partial charge >= 0.3 is 0 Å². The van der Waals surface area contributed by atoms with Crippen LogP contribution in [0.2, 0.25) is 0 Å². The zero-order valence-corrected chi connectivity index (χ0v) is 19.7. The lowest BCUT2D eigenvalue weighted by molar-refractivity contribution is -0.120. The maximum absolute atomic E-state index is 13.0. The van der Waals surface area contributed by atoms with Gasteiger partial charge in [0.05, 0.1) is 28.9 Å². The lowest BCUT2D eigenvalue weighted by atomic mass is 9.95. The zero-order chi connectivity index (χ0) is 23.0. The Balaban J connectivity index is 1.58. The maximum Gasteiger partial charge on any atom is 0.230 e. The Bertz CT molecular complexity index is 992. The second-order valence-electron chi connectivity index (χ2n) is 9.50. The molecule has 3 atom stereocenters. The van der Waals surface area contributed by atoms with Crippen molar-refractivity contribution < 1.29 is 18.0 Å². The van der Waals surface area contributed by atoms with Gasteiger partial charge in [-0.05, 0) is 50.3 Å². The second kappa shape index (κ2) is 9.11. The van der Waals surface area contributed by atoms with E-state index in [4.69, 9.17) is 5.73 Å². The van der Waals surface area contributed by atoms with Gasteiger partial charge in [0.2, 0.25) is 11.8 Å². The van der Waals surface area contributed by atoms with Crippen LogP contribution in [0.5, 0.6) is 0 Å². The third kappa shape index (κ3) is 4.84. The summed E-state index contributed by atoms with van der Waals surface area (Å²) < 4.78 is 23.9. The number of nitrogens with zero attached hydrogens (tertiary/aromatic N) is 2. The summed E-state index contributed by atoms with van der Waals surface area (Å²) in [6.07, 6.45) is 3.38. The van der Waals surface area contributed by atoms with E-state index in [0.717, 1.165) is 36.2 Å². The molecule has 8 nitrogen and oxygen atoms in total. The van der Waals surface area contributed by atoms with Gasteiger partial charge in [0.15, 0.2) is 9.84 Å². The molecule has 3 aliphatic rings. The second-order valence-corrected chi connectivity index (χ2v) is 11.7. The molecule has 3 N–H and O–H groups in total. The van der Waals surface area contributed by atoms with Crippen LogP contribution in [0, 0.1) is 5.92 Å². The normalized spacial score (nSPS) is 25.8. The summed E-state index contributed by atoms with van der Waals surface area (Å²) in [6.45, 7) is 4.97. The van der Waals surface area contributed by atoms with E-state index in [1.54, 1.807) is 11.8 Å². The van der Waals surface area contributed by atoms with Gasteiger partial charge < -0.3 is 20.9 Å². The van der Waals surface area contributed by atoms with Crippen LogP contribution in [-0.4, -0.2) is 63.5 Å². The molecule has 2 fully saturated rings. The number of nitrogens with two attached hydrogens (primary N) is 1. The number of anilines is 2. The molecule has 9 heteroatoms. The van der Waals surface area contributed by atoms with Gasteiger partial charge in [0, 0.05) is 44.4 Å². The number of benzene rings is 1. The summed E-state index contributed by atoms with van der Waals surface area (Å²) in [7, 11) is -2.98. The molecule has 2 heterocycles. The standard InChI is InChI=1S/C23H34N4O4S/c1-15-13-26(23(29)17-5-6-17)22-10-18(7-8-21(22)27(15)16(2)28)19(11-24)12-25-20-4-3-9-32(30,31)14-20/h7-8,10,15,17,19-20,25H,3-6,9,11-14,24H2,1-2H3/t15-,19?,20?/m0/s1. The zero-order valence-electron chi connectivity index (χ0n) is 18.9. The molecule has 2 unspecified atom stereocenters. The minimum atomic E-state index is -2.98. The molecular formula is C23H34N4O4S. The van der Waals surface area contributed by atoms with E-state index in [1.165, 1.54) is 0 Å². The topological polar surface area (TPSA) is 113 Å². The summed E-state index contributed by atoms with van der Waals surface area (Å²) in [6, 6.07) is 5.75. The molecule has 32 heavy (non-hydrogen) atoms. The van der Waals surface area contributed by atoms with E-state index in [9.17, 15) is 18.0 Å². The highest BCUT2D eigenvalue weighted by Crippen LogP contribution is 2.41. The molecule has 1 saturated carbocycles. The van der Waals surface area contributed by atoms with Crippen LogP contribution >= 0.6 is 0 Å². The van der Waals surface area contributed by atoms with Gasteiger partial charge in [-0.2, -0.15) is 0 Å². The highest BCUT2D eigenvalue weighted by molar-refractivity contribution is 7.91. The van der Waals surface area contributed by atoms with Crippen molar-refractivity contribution in [2.24, 2.45) is 11.7 Å². The lowest BCUT2D eigenvalue weighted by Crippen LogP contribution is -2.51. The average Bonchev–Trinajstić information content (AvgIpc) is 3.57. The third-order valence-corrected chi connectivity index (χ3v) is 8.66. The Morgan fingerprint density at radius 1 is 1.22 bits per heavy atom. The molecule has 0 radical (unpaired) electrons. The average molecular weight is 463 g/mol. The van der Waals surface area contributed by atoms with E-state index < -0.39 is 9.84 Å². The van der Waals surface area contributed by atoms with Crippen LogP contribution in [0.4, 0.5) is 11.4 Å². The first-order chi connectivity index (χ1) is 15.2. The number of hydrogen-bond acceptors (Lipinski definition) is 6. The summed E-state index contributed by atoms with van der Waals surface area (Å²) >= 11 is 0. The van der Waals surface area contributed by atoms with Crippen LogP contribution in [-0.2, 0) is 19.4 Å². The van der Waals surface area contributed by atoms with Crippen LogP contribution in [0.25, 0.3) is 0 Å². The SMILES string of the molecule is CC(=O)N1c2ccc(C(CN)CNC3CCCS(=O)(=O)C3)cc2N(C(=O)C2CC2)C[C@@H]1C. The van der Waals surface area contributed by atoms with Gasteiger partial charge in [-0.1, -0.05) is 6.07 Å². The summed E-state index contributed by atoms with van der Waals surface area (Å²) in [5.74, 6) is 0.597. The smallest absolute Gasteiger partial charge is 0.230 e. The monoisotopic (exact) mass is 462 g/mol. The molecule has 2 amide bonds. The molecule has 1 aliphatic carbocycles. The number of hydrogen-bond donors (Lipinski definition) is 2. The first-order valence-electron chi connectivity index (χ1n) is 11.6. The van der Waals surface area contributed by atoms with Gasteiger partial charge in [-0.15, -0.1) is 0 Å². The fourth-order valence-corrected chi connectivity index (χ4v) is 6.64. The van der Waals surface area contributed by atoms with Crippen molar-refractivity contribution in [3.05, 3.63) is 23.8 Å². The molecule has 0 aromatic heterocycles. The molecule has 2 aliphatic heterocycles. The number of fused-ring (bicyclic) bond motifs is 1. The summed E-state index contributed by atoms with van der Waals surface area (Å²) in [5, 5.41) is 3.40. The van der Waals surface area contributed by atoms with Crippen molar-refractivity contribution in [1.29, 1.82) is 0 Å².